The Morgan fingerprint density at radius 1 is 0.640 bits per heavy atom. The van der Waals surface area contributed by atoms with Gasteiger partial charge in [-0.3, -0.25) is 31.2 Å². The Kier molecular flexibility index (Phi) is 10.2. The molecule has 6 rings (SSSR count). The smallest absolute Gasteiger partial charge is 0.345 e. The van der Waals surface area contributed by atoms with E-state index in [-0.39, 0.29) is 34.8 Å². The zero-order chi connectivity index (χ0) is 34.7. The first-order valence-corrected chi connectivity index (χ1v) is 15.2. The highest BCUT2D eigenvalue weighted by atomic mass is 16.6. The standard InChI is InChI=1S/C38H29N7O5/c39-35(27-5-1-13-42-21-27)47-31-17-26(18-32(20-31)48-36(40)28-6-2-14-43-22-28)10-9-25-11-12-33(50-38(46)30-8-4-16-45-24-30)34(19-25)49-37(41)29-7-3-15-44-23-29/h1-21,23-24,39-41,43H,22H2/b10-9+,39-35?,40-36?,41-37?. The summed E-state index contributed by atoms with van der Waals surface area (Å²) in [5, 5.41) is 28.5. The molecule has 0 spiro atoms. The van der Waals surface area contributed by atoms with Crippen LogP contribution in [0.3, 0.4) is 0 Å². The normalized spacial score (nSPS) is 12.0. The number of rotatable bonds is 10. The number of aromatic nitrogens is 3. The van der Waals surface area contributed by atoms with E-state index in [1.54, 1.807) is 122 Å². The molecule has 4 N–H and O–H groups in total. The van der Waals surface area contributed by atoms with Crippen molar-refractivity contribution in [1.29, 1.82) is 16.2 Å². The Labute approximate surface area is 286 Å². The summed E-state index contributed by atoms with van der Waals surface area (Å²) in [6.45, 7) is 0.445. The van der Waals surface area contributed by atoms with Crippen molar-refractivity contribution < 1.29 is 23.7 Å². The summed E-state index contributed by atoms with van der Waals surface area (Å²) in [6, 6.07) is 20.0. The fourth-order valence-corrected chi connectivity index (χ4v) is 4.57. The van der Waals surface area contributed by atoms with Gasteiger partial charge in [0.05, 0.1) is 16.7 Å². The fourth-order valence-electron chi connectivity index (χ4n) is 4.57. The molecule has 246 valence electrons. The maximum absolute atomic E-state index is 12.9. The third kappa shape index (κ3) is 8.57. The number of nitrogens with zero attached hydrogens (tertiary/aromatic N) is 3. The van der Waals surface area contributed by atoms with Crippen molar-refractivity contribution in [1.82, 2.24) is 20.3 Å². The number of allylic oxidation sites excluding steroid dienone is 2. The molecule has 12 heteroatoms. The monoisotopic (exact) mass is 663 g/mol. The topological polar surface area (TPSA) is 176 Å². The molecule has 3 aromatic heterocycles. The molecule has 5 aromatic rings. The first-order valence-electron chi connectivity index (χ1n) is 15.2. The molecular weight excluding hydrogens is 634 g/mol. The van der Waals surface area contributed by atoms with Crippen LogP contribution in [0.5, 0.6) is 23.0 Å². The van der Waals surface area contributed by atoms with Crippen LogP contribution in [0.4, 0.5) is 0 Å². The highest BCUT2D eigenvalue weighted by molar-refractivity contribution is 5.95. The third-order valence-electron chi connectivity index (χ3n) is 7.03. The van der Waals surface area contributed by atoms with Gasteiger partial charge >= 0.3 is 5.97 Å². The van der Waals surface area contributed by atoms with Crippen LogP contribution in [0.25, 0.3) is 12.2 Å². The molecule has 0 saturated carbocycles. The number of benzene rings is 2. The first-order chi connectivity index (χ1) is 24.4. The molecule has 0 radical (unpaired) electrons. The molecule has 0 bridgehead atoms. The van der Waals surface area contributed by atoms with E-state index in [1.165, 1.54) is 18.6 Å². The van der Waals surface area contributed by atoms with Gasteiger partial charge in [-0.15, -0.1) is 0 Å². The van der Waals surface area contributed by atoms with Crippen LogP contribution in [0.2, 0.25) is 0 Å². The molecule has 2 aromatic carbocycles. The molecule has 4 heterocycles. The van der Waals surface area contributed by atoms with Gasteiger partial charge in [0.1, 0.15) is 11.5 Å². The molecule has 0 atom stereocenters. The fraction of sp³-hybridized carbons (Fsp3) is 0.0263. The van der Waals surface area contributed by atoms with E-state index in [9.17, 15) is 4.79 Å². The molecule has 0 unspecified atom stereocenters. The predicted molar refractivity (Wildman–Crippen MR) is 188 cm³/mol. The number of dihydropyridines is 1. The van der Waals surface area contributed by atoms with E-state index in [0.717, 1.165) is 0 Å². The van der Waals surface area contributed by atoms with Gasteiger partial charge in [-0.1, -0.05) is 24.3 Å². The first kappa shape index (κ1) is 32.7. The van der Waals surface area contributed by atoms with Gasteiger partial charge in [0.2, 0.25) is 17.7 Å². The number of hydrogen-bond acceptors (Lipinski definition) is 12. The summed E-state index contributed by atoms with van der Waals surface area (Å²) in [4.78, 5) is 24.9. The molecule has 1 aliphatic heterocycles. The van der Waals surface area contributed by atoms with E-state index < -0.39 is 5.97 Å². The van der Waals surface area contributed by atoms with Crippen molar-refractivity contribution in [2.45, 2.75) is 0 Å². The number of carbonyl (C=O) groups excluding carboxylic acids is 1. The number of esters is 1. The largest absolute Gasteiger partial charge is 0.439 e. The predicted octanol–water partition coefficient (Wildman–Crippen LogP) is 6.47. The van der Waals surface area contributed by atoms with Crippen molar-refractivity contribution >= 4 is 35.8 Å². The van der Waals surface area contributed by atoms with Gasteiger partial charge in [0.15, 0.2) is 11.5 Å². The van der Waals surface area contributed by atoms with Gasteiger partial charge in [-0.2, -0.15) is 0 Å². The van der Waals surface area contributed by atoms with Gasteiger partial charge < -0.3 is 24.3 Å². The zero-order valence-corrected chi connectivity index (χ0v) is 26.4. The van der Waals surface area contributed by atoms with Gasteiger partial charge in [-0.05, 0) is 84.1 Å². The van der Waals surface area contributed by atoms with E-state index in [2.05, 4.69) is 20.3 Å². The lowest BCUT2D eigenvalue weighted by Gasteiger charge is -2.15. The van der Waals surface area contributed by atoms with Crippen LogP contribution in [-0.4, -0.2) is 45.2 Å². The maximum Gasteiger partial charge on any atom is 0.345 e. The quantitative estimate of drug-likeness (QED) is 0.0429. The summed E-state index contributed by atoms with van der Waals surface area (Å²) in [6.07, 6.45) is 18.1. The second kappa shape index (κ2) is 15.6. The Morgan fingerprint density at radius 3 is 1.84 bits per heavy atom. The van der Waals surface area contributed by atoms with Crippen molar-refractivity contribution in [3.63, 3.8) is 0 Å². The lowest BCUT2D eigenvalue weighted by Crippen LogP contribution is -2.21. The second-order valence-corrected chi connectivity index (χ2v) is 10.6. The number of carbonyl (C=O) groups is 1. The van der Waals surface area contributed by atoms with Crippen LogP contribution in [0, 0.1) is 16.2 Å². The van der Waals surface area contributed by atoms with Gasteiger partial charge in [-0.25, -0.2) is 4.79 Å². The van der Waals surface area contributed by atoms with Crippen LogP contribution in [0.15, 0.2) is 134 Å². The minimum atomic E-state index is -0.637. The summed E-state index contributed by atoms with van der Waals surface area (Å²) < 4.78 is 23.3. The number of ether oxygens (including phenoxy) is 4. The minimum Gasteiger partial charge on any atom is -0.439 e. The van der Waals surface area contributed by atoms with E-state index in [0.29, 0.717) is 45.9 Å². The molecule has 0 saturated heterocycles. The van der Waals surface area contributed by atoms with E-state index in [4.69, 9.17) is 35.2 Å². The zero-order valence-electron chi connectivity index (χ0n) is 26.4. The van der Waals surface area contributed by atoms with Crippen LogP contribution < -0.4 is 24.3 Å². The highest BCUT2D eigenvalue weighted by Crippen LogP contribution is 2.32. The Bertz CT molecular complexity index is 2130. The molecule has 0 amide bonds. The summed E-state index contributed by atoms with van der Waals surface area (Å²) in [5.74, 6) is -0.113. The Morgan fingerprint density at radius 2 is 1.24 bits per heavy atom. The summed E-state index contributed by atoms with van der Waals surface area (Å²) in [7, 11) is 0. The number of hydrogen-bond donors (Lipinski definition) is 4. The number of nitrogens with one attached hydrogen (secondary N) is 4. The van der Waals surface area contributed by atoms with Crippen molar-refractivity contribution in [3.05, 3.63) is 162 Å². The molecule has 1 aliphatic rings. The summed E-state index contributed by atoms with van der Waals surface area (Å²) in [5.41, 5.74) is 3.12. The lowest BCUT2D eigenvalue weighted by atomic mass is 10.1. The molecule has 12 nitrogen and oxygen atoms in total. The second-order valence-electron chi connectivity index (χ2n) is 10.6. The minimum absolute atomic E-state index is 0.0365. The van der Waals surface area contributed by atoms with Crippen molar-refractivity contribution in [2.24, 2.45) is 0 Å². The maximum atomic E-state index is 12.9. The number of pyridine rings is 3. The van der Waals surface area contributed by atoms with Crippen LogP contribution in [0.1, 0.15) is 32.6 Å². The molecular formula is C38H29N7O5. The SMILES string of the molecule is N=C(Oc1cc(/C=C/c2ccc(OC(=O)c3cccnc3)c(OC(=N)c3cccnc3)c2)cc(OC(=N)c2cccnc2)c1)C1=CC=CNC1. The van der Waals surface area contributed by atoms with Gasteiger partial charge in [0.25, 0.3) is 0 Å². The third-order valence-corrected chi connectivity index (χ3v) is 7.03. The van der Waals surface area contributed by atoms with E-state index >= 15 is 0 Å². The Hall–Kier alpha value is -7.21. The van der Waals surface area contributed by atoms with Crippen LogP contribution in [-0.2, 0) is 0 Å². The van der Waals surface area contributed by atoms with Crippen molar-refractivity contribution in [3.8, 4) is 23.0 Å². The Balaban J connectivity index is 1.30. The molecule has 0 aliphatic carbocycles. The van der Waals surface area contributed by atoms with Crippen molar-refractivity contribution in [2.75, 3.05) is 6.54 Å². The van der Waals surface area contributed by atoms with Crippen LogP contribution >= 0.6 is 0 Å². The average Bonchev–Trinajstić information content (AvgIpc) is 3.16. The van der Waals surface area contributed by atoms with Gasteiger partial charge in [0, 0.05) is 55.4 Å². The highest BCUT2D eigenvalue weighted by Gasteiger charge is 2.17. The lowest BCUT2D eigenvalue weighted by molar-refractivity contribution is 0.0730. The molecule has 0 fully saturated rings. The molecule has 50 heavy (non-hydrogen) atoms. The van der Waals surface area contributed by atoms with E-state index in [1.807, 2.05) is 0 Å². The average molecular weight is 664 g/mol. The summed E-state index contributed by atoms with van der Waals surface area (Å²) >= 11 is 0.